The van der Waals surface area contributed by atoms with Gasteiger partial charge in [-0.15, -0.1) is 11.6 Å². The lowest BCUT2D eigenvalue weighted by molar-refractivity contribution is 0.168. The van der Waals surface area contributed by atoms with Crippen molar-refractivity contribution in [3.05, 3.63) is 132 Å². The lowest BCUT2D eigenvalue weighted by Gasteiger charge is -2.27. The summed E-state index contributed by atoms with van der Waals surface area (Å²) in [5, 5.41) is 3.46. The topological polar surface area (TPSA) is 56.3 Å². The lowest BCUT2D eigenvalue weighted by atomic mass is 10.0. The molecule has 220 valence electrons. The van der Waals surface area contributed by atoms with E-state index in [2.05, 4.69) is 21.4 Å². The Morgan fingerprint density at radius 1 is 0.814 bits per heavy atom. The van der Waals surface area contributed by atoms with Gasteiger partial charge < -0.3 is 14.8 Å². The number of ether oxygens (including phenoxy) is 2. The van der Waals surface area contributed by atoms with Crippen molar-refractivity contribution in [3.8, 4) is 33.8 Å². The molecule has 1 aliphatic rings. The smallest absolute Gasteiger partial charge is 0.126 e. The van der Waals surface area contributed by atoms with Crippen molar-refractivity contribution >= 4 is 11.6 Å². The second-order valence-corrected chi connectivity index (χ2v) is 10.4. The van der Waals surface area contributed by atoms with Crippen LogP contribution >= 0.6 is 11.6 Å². The minimum absolute atomic E-state index is 0.132. The van der Waals surface area contributed by atoms with E-state index >= 15 is 0 Å². The Hall–Kier alpha value is -4.33. The summed E-state index contributed by atoms with van der Waals surface area (Å²) in [6.45, 7) is 1.46. The number of hydrogen-bond acceptors (Lipinski definition) is 5. The number of rotatable bonds is 8. The molecule has 3 aromatic carbocycles. The van der Waals surface area contributed by atoms with Crippen molar-refractivity contribution < 1.29 is 18.3 Å². The number of methoxy groups -OCH3 is 1. The first kappa shape index (κ1) is 30.1. The van der Waals surface area contributed by atoms with Crippen LogP contribution in [-0.4, -0.2) is 29.7 Å². The van der Waals surface area contributed by atoms with E-state index in [4.69, 9.17) is 21.1 Å². The van der Waals surface area contributed by atoms with Crippen LogP contribution in [0.3, 0.4) is 0 Å². The molecule has 1 unspecified atom stereocenters. The Balaban J connectivity index is 0.000000207. The monoisotopic (exact) mass is 599 g/mol. The van der Waals surface area contributed by atoms with Crippen molar-refractivity contribution in [2.45, 2.75) is 31.4 Å². The predicted molar refractivity (Wildman–Crippen MR) is 166 cm³/mol. The van der Waals surface area contributed by atoms with Gasteiger partial charge in [0.05, 0.1) is 7.11 Å². The Kier molecular flexibility index (Phi) is 10.3. The molecule has 0 fully saturated rings. The summed E-state index contributed by atoms with van der Waals surface area (Å²) < 4.78 is 37.4. The van der Waals surface area contributed by atoms with Crippen LogP contribution < -0.4 is 14.8 Å². The van der Waals surface area contributed by atoms with Crippen LogP contribution in [0.5, 0.6) is 11.5 Å². The van der Waals surface area contributed by atoms with E-state index in [-0.39, 0.29) is 17.7 Å². The summed E-state index contributed by atoms with van der Waals surface area (Å²) >= 11 is 5.71. The van der Waals surface area contributed by atoms with Gasteiger partial charge in [-0.1, -0.05) is 30.3 Å². The third-order valence-corrected chi connectivity index (χ3v) is 7.43. The van der Waals surface area contributed by atoms with Crippen LogP contribution in [0.15, 0.2) is 104 Å². The average molecular weight is 600 g/mol. The molecular formula is C35H32ClF2N3O2. The zero-order valence-electron chi connectivity index (χ0n) is 23.8. The number of aromatic nitrogens is 2. The molecule has 0 saturated carbocycles. The van der Waals surface area contributed by atoms with E-state index in [1.807, 2.05) is 30.5 Å². The van der Waals surface area contributed by atoms with Crippen molar-refractivity contribution in [2.24, 2.45) is 0 Å². The number of benzene rings is 3. The quantitative estimate of drug-likeness (QED) is 0.183. The Morgan fingerprint density at radius 3 is 2.02 bits per heavy atom. The number of nitrogens with zero attached hydrogens (tertiary/aromatic N) is 2. The highest BCUT2D eigenvalue weighted by Gasteiger charge is 2.22. The highest BCUT2D eigenvalue weighted by Crippen LogP contribution is 2.34. The summed E-state index contributed by atoms with van der Waals surface area (Å²) in [4.78, 5) is 8.39. The summed E-state index contributed by atoms with van der Waals surface area (Å²) in [7, 11) is 1.69. The van der Waals surface area contributed by atoms with Gasteiger partial charge in [0.1, 0.15) is 29.2 Å². The molecule has 0 bridgehead atoms. The average Bonchev–Trinajstić information content (AvgIpc) is 3.05. The fourth-order valence-corrected chi connectivity index (χ4v) is 5.05. The first-order chi connectivity index (χ1) is 21.0. The minimum atomic E-state index is -0.236. The van der Waals surface area contributed by atoms with E-state index in [1.54, 1.807) is 50.0 Å². The molecule has 0 saturated heterocycles. The van der Waals surface area contributed by atoms with Crippen molar-refractivity contribution in [1.29, 1.82) is 0 Å². The third-order valence-electron chi connectivity index (χ3n) is 7.12. The van der Waals surface area contributed by atoms with Crippen LogP contribution in [-0.2, 0) is 18.8 Å². The largest absolute Gasteiger partial charge is 0.496 e. The van der Waals surface area contributed by atoms with Gasteiger partial charge in [0.15, 0.2) is 0 Å². The summed E-state index contributed by atoms with van der Waals surface area (Å²) in [5.41, 5.74) is 7.02. The number of halogens is 3. The van der Waals surface area contributed by atoms with Gasteiger partial charge in [-0.2, -0.15) is 0 Å². The Bertz CT molecular complexity index is 1630. The molecule has 6 rings (SSSR count). The zero-order chi connectivity index (χ0) is 30.0. The van der Waals surface area contributed by atoms with Gasteiger partial charge in [0.25, 0.3) is 0 Å². The number of fused-ring (bicyclic) bond motifs is 1. The van der Waals surface area contributed by atoms with Gasteiger partial charge in [0.2, 0.25) is 0 Å². The maximum atomic E-state index is 13.1. The molecule has 3 heterocycles. The van der Waals surface area contributed by atoms with Gasteiger partial charge >= 0.3 is 0 Å². The standard InChI is InChI=1S/C23H23FN2O2.C12H9ClFN/c1-27-22-3-2-4-23-21(22)10-9-20(28-23)15-26-13-16-11-18(14-25-12-16)17-5-7-19(24)8-6-17;13-6-9-5-11(8-15-7-9)10-1-3-12(14)4-2-10/h2-8,11-12,14,20,26H,9-10,13,15H2,1H3;1-5,7-8H,6H2. The van der Waals surface area contributed by atoms with Crippen LogP contribution in [0, 0.1) is 11.6 Å². The maximum Gasteiger partial charge on any atom is 0.126 e. The normalized spacial score (nSPS) is 13.7. The second-order valence-electron chi connectivity index (χ2n) is 10.2. The van der Waals surface area contributed by atoms with Gasteiger partial charge in [0, 0.05) is 60.4 Å². The first-order valence-electron chi connectivity index (χ1n) is 14.0. The van der Waals surface area contributed by atoms with Crippen LogP contribution in [0.1, 0.15) is 23.1 Å². The fraction of sp³-hybridized carbons (Fsp3) is 0.200. The minimum Gasteiger partial charge on any atom is -0.496 e. The summed E-state index contributed by atoms with van der Waals surface area (Å²) in [6.07, 6.45) is 9.14. The second kappa shape index (κ2) is 14.7. The van der Waals surface area contributed by atoms with E-state index in [0.717, 1.165) is 69.8 Å². The molecule has 0 radical (unpaired) electrons. The van der Waals surface area contributed by atoms with Gasteiger partial charge in [-0.05, 0) is 83.6 Å². The molecule has 8 heteroatoms. The summed E-state index contributed by atoms with van der Waals surface area (Å²) in [6, 6.07) is 22.8. The number of nitrogens with one attached hydrogen (secondary N) is 1. The molecule has 0 spiro atoms. The highest BCUT2D eigenvalue weighted by atomic mass is 35.5. The molecule has 5 aromatic rings. The van der Waals surface area contributed by atoms with Gasteiger partial charge in [-0.25, -0.2) is 8.78 Å². The van der Waals surface area contributed by atoms with E-state index in [0.29, 0.717) is 12.4 Å². The number of hydrogen-bond donors (Lipinski definition) is 1. The molecular weight excluding hydrogens is 568 g/mol. The molecule has 0 aliphatic carbocycles. The van der Waals surface area contributed by atoms with E-state index < -0.39 is 0 Å². The molecule has 1 atom stereocenters. The lowest BCUT2D eigenvalue weighted by Crippen LogP contribution is -2.34. The summed E-state index contributed by atoms with van der Waals surface area (Å²) in [5.74, 6) is 1.77. The third kappa shape index (κ3) is 8.15. The number of alkyl halides is 1. The molecule has 5 nitrogen and oxygen atoms in total. The van der Waals surface area contributed by atoms with Gasteiger partial charge in [-0.3, -0.25) is 9.97 Å². The van der Waals surface area contributed by atoms with Crippen molar-refractivity contribution in [3.63, 3.8) is 0 Å². The maximum absolute atomic E-state index is 13.1. The molecule has 1 N–H and O–H groups in total. The van der Waals surface area contributed by atoms with Crippen molar-refractivity contribution in [2.75, 3.05) is 13.7 Å². The Labute approximate surface area is 255 Å². The molecule has 0 amide bonds. The van der Waals surface area contributed by atoms with Crippen LogP contribution in [0.25, 0.3) is 22.3 Å². The molecule has 1 aliphatic heterocycles. The van der Waals surface area contributed by atoms with E-state index in [1.165, 1.54) is 24.3 Å². The van der Waals surface area contributed by atoms with E-state index in [9.17, 15) is 8.78 Å². The first-order valence-corrected chi connectivity index (χ1v) is 14.5. The van der Waals surface area contributed by atoms with Crippen molar-refractivity contribution in [1.82, 2.24) is 15.3 Å². The predicted octanol–water partition coefficient (Wildman–Crippen LogP) is 8.01. The number of pyridine rings is 2. The fourth-order valence-electron chi connectivity index (χ4n) is 4.90. The molecule has 43 heavy (non-hydrogen) atoms. The molecule has 2 aromatic heterocycles. The Morgan fingerprint density at radius 2 is 1.42 bits per heavy atom. The highest BCUT2D eigenvalue weighted by molar-refractivity contribution is 6.17. The zero-order valence-corrected chi connectivity index (χ0v) is 24.5. The SMILES string of the molecule is COc1cccc2c1CCC(CNCc1cncc(-c3ccc(F)cc3)c1)O2.Fc1ccc(-c2cncc(CCl)c2)cc1. The van der Waals surface area contributed by atoms with Crippen LogP contribution in [0.4, 0.5) is 8.78 Å². The van der Waals surface area contributed by atoms with Crippen LogP contribution in [0.2, 0.25) is 0 Å².